The van der Waals surface area contributed by atoms with Gasteiger partial charge in [-0.25, -0.2) is 4.98 Å². The van der Waals surface area contributed by atoms with Crippen LogP contribution in [0.15, 0.2) is 51.7 Å². The summed E-state index contributed by atoms with van der Waals surface area (Å²) in [5.41, 5.74) is 0.677. The molecule has 27 heavy (non-hydrogen) atoms. The molecule has 1 fully saturated rings. The Balaban J connectivity index is 1.72. The first-order valence-electron chi connectivity index (χ1n) is 9.16. The van der Waals surface area contributed by atoms with Gasteiger partial charge in [0.2, 0.25) is 5.91 Å². The largest absolute Gasteiger partial charge is 0.342 e. The number of aromatic nitrogens is 2. The molecule has 0 saturated carbocycles. The van der Waals surface area contributed by atoms with E-state index in [2.05, 4.69) is 0 Å². The Kier molecular flexibility index (Phi) is 5.31. The third-order valence-electron chi connectivity index (χ3n) is 4.78. The lowest BCUT2D eigenvalue weighted by molar-refractivity contribution is -0.131. The summed E-state index contributed by atoms with van der Waals surface area (Å²) >= 11 is 2.82. The molecule has 0 spiro atoms. The average molecular weight is 400 g/mol. The maximum absolute atomic E-state index is 13.1. The zero-order valence-corrected chi connectivity index (χ0v) is 16.8. The van der Waals surface area contributed by atoms with Crippen LogP contribution in [0.25, 0.3) is 15.9 Å². The molecule has 5 nitrogen and oxygen atoms in total. The molecule has 1 amide bonds. The van der Waals surface area contributed by atoms with E-state index in [1.54, 1.807) is 4.57 Å². The summed E-state index contributed by atoms with van der Waals surface area (Å²) in [7, 11) is 0. The van der Waals surface area contributed by atoms with E-state index >= 15 is 0 Å². The number of hydrogen-bond acceptors (Lipinski definition) is 5. The van der Waals surface area contributed by atoms with Crippen molar-refractivity contribution in [3.05, 3.63) is 52.1 Å². The summed E-state index contributed by atoms with van der Waals surface area (Å²) in [6.45, 7) is 3.56. The van der Waals surface area contributed by atoms with Crippen molar-refractivity contribution in [2.24, 2.45) is 0 Å². The first kappa shape index (κ1) is 18.3. The fourth-order valence-corrected chi connectivity index (χ4v) is 5.17. The van der Waals surface area contributed by atoms with Crippen molar-refractivity contribution in [3.8, 4) is 5.69 Å². The molecular formula is C20H21N3O2S2. The molecule has 1 aliphatic rings. The molecule has 0 aliphatic carbocycles. The first-order valence-corrected chi connectivity index (χ1v) is 10.9. The summed E-state index contributed by atoms with van der Waals surface area (Å²) in [5.74, 6) is 0.125. The van der Waals surface area contributed by atoms with Gasteiger partial charge in [-0.15, -0.1) is 11.3 Å². The molecule has 0 unspecified atom stereocenters. The van der Waals surface area contributed by atoms with Gasteiger partial charge in [0.05, 0.1) is 16.3 Å². The topological polar surface area (TPSA) is 55.2 Å². The van der Waals surface area contributed by atoms with Gasteiger partial charge >= 0.3 is 0 Å². The predicted molar refractivity (Wildman–Crippen MR) is 111 cm³/mol. The normalized spacial score (nSPS) is 15.8. The number of carbonyl (C=O) groups is 1. The highest BCUT2D eigenvalue weighted by Crippen LogP contribution is 2.28. The van der Waals surface area contributed by atoms with E-state index < -0.39 is 0 Å². The number of rotatable bonds is 4. The Hall–Kier alpha value is -2.12. The molecule has 0 bridgehead atoms. The van der Waals surface area contributed by atoms with Crippen LogP contribution >= 0.6 is 23.1 Å². The molecule has 1 aromatic carbocycles. The van der Waals surface area contributed by atoms with Crippen LogP contribution in [0.2, 0.25) is 0 Å². The minimum atomic E-state index is -0.289. The highest BCUT2D eigenvalue weighted by atomic mass is 32.2. The molecule has 0 N–H and O–H groups in total. The van der Waals surface area contributed by atoms with E-state index in [1.165, 1.54) is 29.5 Å². The Morgan fingerprint density at radius 2 is 1.89 bits per heavy atom. The number of benzene rings is 1. The van der Waals surface area contributed by atoms with Gasteiger partial charge in [-0.1, -0.05) is 30.0 Å². The standard InChI is InChI=1S/C20H21N3O2S2/c1-14(18(24)22-11-6-3-7-12-22)27-20-21-17-16(10-13-26-17)19(25)23(20)15-8-4-2-5-9-15/h2,4-5,8-10,13-14H,3,6-7,11-12H2,1H3/t14-/m1/s1. The molecule has 3 aromatic rings. The van der Waals surface area contributed by atoms with Crippen LogP contribution in [-0.4, -0.2) is 38.7 Å². The highest BCUT2D eigenvalue weighted by molar-refractivity contribution is 8.00. The molecule has 1 atom stereocenters. The lowest BCUT2D eigenvalue weighted by atomic mass is 10.1. The maximum atomic E-state index is 13.1. The summed E-state index contributed by atoms with van der Waals surface area (Å²) in [6.07, 6.45) is 3.32. The van der Waals surface area contributed by atoms with Gasteiger partial charge in [0.15, 0.2) is 5.16 Å². The molecule has 3 heterocycles. The molecule has 1 aliphatic heterocycles. The number of thiophene rings is 1. The lowest BCUT2D eigenvalue weighted by Crippen LogP contribution is -2.40. The van der Waals surface area contributed by atoms with Gasteiger partial charge in [0.1, 0.15) is 4.83 Å². The van der Waals surface area contributed by atoms with Gasteiger partial charge in [-0.2, -0.15) is 0 Å². The Labute approximate surface area is 166 Å². The van der Waals surface area contributed by atoms with Crippen LogP contribution in [0.5, 0.6) is 0 Å². The van der Waals surface area contributed by atoms with Gasteiger partial charge in [0.25, 0.3) is 5.56 Å². The molecular weight excluding hydrogens is 378 g/mol. The number of thioether (sulfide) groups is 1. The summed E-state index contributed by atoms with van der Waals surface area (Å²) < 4.78 is 1.62. The zero-order chi connectivity index (χ0) is 18.8. The second-order valence-corrected chi connectivity index (χ2v) is 8.86. The van der Waals surface area contributed by atoms with E-state index in [-0.39, 0.29) is 16.7 Å². The van der Waals surface area contributed by atoms with E-state index in [0.29, 0.717) is 15.4 Å². The van der Waals surface area contributed by atoms with Crippen molar-refractivity contribution >= 4 is 39.2 Å². The van der Waals surface area contributed by atoms with E-state index in [9.17, 15) is 9.59 Å². The fourth-order valence-electron chi connectivity index (χ4n) is 3.36. The Morgan fingerprint density at radius 3 is 2.63 bits per heavy atom. The second kappa shape index (κ2) is 7.86. The number of nitrogens with zero attached hydrogens (tertiary/aromatic N) is 3. The zero-order valence-electron chi connectivity index (χ0n) is 15.1. The van der Waals surface area contributed by atoms with Crippen molar-refractivity contribution in [1.29, 1.82) is 0 Å². The van der Waals surface area contributed by atoms with Crippen LogP contribution in [0, 0.1) is 0 Å². The number of likely N-dealkylation sites (tertiary alicyclic amines) is 1. The summed E-state index contributed by atoms with van der Waals surface area (Å²) in [4.78, 5) is 33.3. The average Bonchev–Trinajstić information content (AvgIpc) is 3.18. The second-order valence-electron chi connectivity index (χ2n) is 6.66. The molecule has 1 saturated heterocycles. The highest BCUT2D eigenvalue weighted by Gasteiger charge is 2.25. The van der Waals surface area contributed by atoms with E-state index in [4.69, 9.17) is 4.98 Å². The van der Waals surface area contributed by atoms with Gasteiger partial charge in [-0.3, -0.25) is 14.2 Å². The maximum Gasteiger partial charge on any atom is 0.267 e. The Morgan fingerprint density at radius 1 is 1.15 bits per heavy atom. The third-order valence-corrected chi connectivity index (χ3v) is 6.63. The summed E-state index contributed by atoms with van der Waals surface area (Å²) in [6, 6.07) is 11.3. The number of fused-ring (bicyclic) bond motifs is 1. The molecule has 7 heteroatoms. The monoisotopic (exact) mass is 399 g/mol. The fraction of sp³-hybridized carbons (Fsp3) is 0.350. The quantitative estimate of drug-likeness (QED) is 0.493. The van der Waals surface area contributed by atoms with Crippen molar-refractivity contribution in [2.45, 2.75) is 36.6 Å². The van der Waals surface area contributed by atoms with Crippen LogP contribution in [-0.2, 0) is 4.79 Å². The van der Waals surface area contributed by atoms with Crippen LogP contribution < -0.4 is 5.56 Å². The first-order chi connectivity index (χ1) is 13.1. The van der Waals surface area contributed by atoms with Gasteiger partial charge in [-0.05, 0) is 49.8 Å². The molecule has 4 rings (SSSR count). The lowest BCUT2D eigenvalue weighted by Gasteiger charge is -2.29. The van der Waals surface area contributed by atoms with Crippen molar-refractivity contribution in [3.63, 3.8) is 0 Å². The van der Waals surface area contributed by atoms with Crippen LogP contribution in [0.3, 0.4) is 0 Å². The third kappa shape index (κ3) is 3.66. The molecule has 0 radical (unpaired) electrons. The van der Waals surface area contributed by atoms with Crippen molar-refractivity contribution in [2.75, 3.05) is 13.1 Å². The van der Waals surface area contributed by atoms with E-state index in [1.807, 2.05) is 53.6 Å². The number of para-hydroxylation sites is 1. The smallest absolute Gasteiger partial charge is 0.267 e. The molecule has 140 valence electrons. The van der Waals surface area contributed by atoms with Crippen LogP contribution in [0.1, 0.15) is 26.2 Å². The number of amides is 1. The number of hydrogen-bond donors (Lipinski definition) is 0. The van der Waals surface area contributed by atoms with Crippen molar-refractivity contribution in [1.82, 2.24) is 14.5 Å². The van der Waals surface area contributed by atoms with Gasteiger partial charge < -0.3 is 4.90 Å². The predicted octanol–water partition coefficient (Wildman–Crippen LogP) is 3.94. The van der Waals surface area contributed by atoms with Gasteiger partial charge in [0, 0.05) is 13.1 Å². The minimum absolute atomic E-state index is 0.0902. The summed E-state index contributed by atoms with van der Waals surface area (Å²) in [5, 5.41) is 2.77. The minimum Gasteiger partial charge on any atom is -0.342 e. The number of piperidine rings is 1. The number of carbonyl (C=O) groups excluding carboxylic acids is 1. The molecule has 2 aromatic heterocycles. The van der Waals surface area contributed by atoms with Crippen molar-refractivity contribution < 1.29 is 4.79 Å². The van der Waals surface area contributed by atoms with E-state index in [0.717, 1.165) is 31.6 Å². The SMILES string of the molecule is C[C@@H](Sc1nc2sccc2c(=O)n1-c1ccccc1)C(=O)N1CCCCC1. The Bertz CT molecular complexity index is 1010. The van der Waals surface area contributed by atoms with Crippen LogP contribution in [0.4, 0.5) is 0 Å².